The Morgan fingerprint density at radius 2 is 1.78 bits per heavy atom. The molecule has 1 saturated heterocycles. The average molecular weight is 130 g/mol. The summed E-state index contributed by atoms with van der Waals surface area (Å²) >= 11 is 0. The quantitative estimate of drug-likeness (QED) is 0.463. The van der Waals surface area contributed by atoms with Gasteiger partial charge in [0, 0.05) is 0 Å². The van der Waals surface area contributed by atoms with Crippen molar-refractivity contribution in [1.29, 1.82) is 0 Å². The average Bonchev–Trinajstić information content (AvgIpc) is 2.20. The highest BCUT2D eigenvalue weighted by Gasteiger charge is 2.07. The van der Waals surface area contributed by atoms with Crippen molar-refractivity contribution >= 4 is 0 Å². The smallest absolute Gasteiger partial charge is 0.155 e. The second kappa shape index (κ2) is 5.79. The second-order valence-electron chi connectivity index (χ2n) is 1.72. The van der Waals surface area contributed by atoms with Gasteiger partial charge in [0.05, 0.1) is 13.2 Å². The number of allylic oxidation sites excluding steroid dienone is 1. The molecule has 0 aromatic carbocycles. The van der Waals surface area contributed by atoms with E-state index in [1.165, 1.54) is 0 Å². The van der Waals surface area contributed by atoms with Crippen LogP contribution in [0.5, 0.6) is 0 Å². The molecule has 9 heavy (non-hydrogen) atoms. The molecule has 0 aliphatic carbocycles. The van der Waals surface area contributed by atoms with Gasteiger partial charge >= 0.3 is 0 Å². The Morgan fingerprint density at radius 3 is 1.89 bits per heavy atom. The maximum atomic E-state index is 4.93. The Kier molecular flexibility index (Phi) is 5.57. The van der Waals surface area contributed by atoms with Crippen molar-refractivity contribution in [3.05, 3.63) is 12.7 Å². The Morgan fingerprint density at radius 1 is 1.44 bits per heavy atom. The molecule has 2 heteroatoms. The molecule has 0 saturated carbocycles. The van der Waals surface area contributed by atoms with Gasteiger partial charge in [0.15, 0.2) is 6.29 Å². The number of rotatable bonds is 0. The van der Waals surface area contributed by atoms with Crippen LogP contribution in [0.4, 0.5) is 0 Å². The fraction of sp³-hybridized carbons (Fsp3) is 0.714. The maximum absolute atomic E-state index is 4.93. The van der Waals surface area contributed by atoms with Crippen molar-refractivity contribution in [2.24, 2.45) is 0 Å². The van der Waals surface area contributed by atoms with E-state index in [2.05, 4.69) is 6.58 Å². The van der Waals surface area contributed by atoms with Crippen molar-refractivity contribution in [1.82, 2.24) is 0 Å². The van der Waals surface area contributed by atoms with Gasteiger partial charge in [-0.3, -0.25) is 0 Å². The third kappa shape index (κ3) is 5.53. The molecule has 2 nitrogen and oxygen atoms in total. The van der Waals surface area contributed by atoms with Gasteiger partial charge in [-0.25, -0.2) is 0 Å². The summed E-state index contributed by atoms with van der Waals surface area (Å²) in [6, 6.07) is 0. The summed E-state index contributed by atoms with van der Waals surface area (Å²) in [6.07, 6.45) is 1.80. The molecular weight excluding hydrogens is 116 g/mol. The topological polar surface area (TPSA) is 18.5 Å². The minimum absolute atomic E-state index is 0.0463. The van der Waals surface area contributed by atoms with Crippen LogP contribution in [-0.2, 0) is 9.47 Å². The molecule has 0 radical (unpaired) electrons. The highest BCUT2D eigenvalue weighted by molar-refractivity contribution is 4.51. The van der Waals surface area contributed by atoms with E-state index in [1.807, 2.05) is 13.8 Å². The van der Waals surface area contributed by atoms with Gasteiger partial charge in [-0.15, -0.1) is 6.58 Å². The van der Waals surface area contributed by atoms with Gasteiger partial charge in [-0.1, -0.05) is 6.08 Å². The van der Waals surface area contributed by atoms with E-state index >= 15 is 0 Å². The van der Waals surface area contributed by atoms with Gasteiger partial charge in [0.1, 0.15) is 0 Å². The molecule has 0 aromatic rings. The summed E-state index contributed by atoms with van der Waals surface area (Å²) in [5, 5.41) is 0. The summed E-state index contributed by atoms with van der Waals surface area (Å²) in [4.78, 5) is 0. The third-order valence-electron chi connectivity index (χ3n) is 0.788. The summed E-state index contributed by atoms with van der Waals surface area (Å²) < 4.78 is 9.86. The van der Waals surface area contributed by atoms with E-state index in [-0.39, 0.29) is 6.29 Å². The van der Waals surface area contributed by atoms with Crippen LogP contribution in [0.15, 0.2) is 12.7 Å². The first-order chi connectivity index (χ1) is 4.31. The lowest BCUT2D eigenvalue weighted by Crippen LogP contribution is -1.97. The Labute approximate surface area is 56.5 Å². The van der Waals surface area contributed by atoms with E-state index in [0.717, 1.165) is 13.2 Å². The molecule has 0 atom stereocenters. The highest BCUT2D eigenvalue weighted by atomic mass is 16.7. The fourth-order valence-electron chi connectivity index (χ4n) is 0.476. The standard InChI is InChI=1S/C4H8O2.C3H6/c1-4-5-2-3-6-4;1-3-2/h4H,2-3H2,1H3;3H,1H2,2H3. The highest BCUT2D eigenvalue weighted by Crippen LogP contribution is 1.99. The predicted molar refractivity (Wildman–Crippen MR) is 37.2 cm³/mol. The Hall–Kier alpha value is -0.340. The Balaban J connectivity index is 0.000000187. The minimum Gasteiger partial charge on any atom is -0.351 e. The first-order valence-electron chi connectivity index (χ1n) is 3.11. The lowest BCUT2D eigenvalue weighted by Gasteiger charge is -1.94. The number of ether oxygens (including phenoxy) is 2. The zero-order valence-electron chi connectivity index (χ0n) is 6.09. The summed E-state index contributed by atoms with van der Waals surface area (Å²) in [7, 11) is 0. The van der Waals surface area contributed by atoms with Crippen molar-refractivity contribution < 1.29 is 9.47 Å². The van der Waals surface area contributed by atoms with Crippen LogP contribution in [0, 0.1) is 0 Å². The van der Waals surface area contributed by atoms with Gasteiger partial charge < -0.3 is 9.47 Å². The summed E-state index contributed by atoms with van der Waals surface area (Å²) in [5.41, 5.74) is 0. The van der Waals surface area contributed by atoms with E-state index in [0.29, 0.717) is 0 Å². The van der Waals surface area contributed by atoms with Crippen LogP contribution in [-0.4, -0.2) is 19.5 Å². The lowest BCUT2D eigenvalue weighted by molar-refractivity contribution is -0.0254. The maximum Gasteiger partial charge on any atom is 0.155 e. The van der Waals surface area contributed by atoms with E-state index in [4.69, 9.17) is 9.47 Å². The first-order valence-corrected chi connectivity index (χ1v) is 3.11. The van der Waals surface area contributed by atoms with Crippen molar-refractivity contribution in [2.75, 3.05) is 13.2 Å². The van der Waals surface area contributed by atoms with Crippen molar-refractivity contribution in [3.8, 4) is 0 Å². The molecule has 54 valence electrons. The molecule has 1 aliphatic heterocycles. The zero-order valence-corrected chi connectivity index (χ0v) is 6.09. The zero-order chi connectivity index (χ0) is 7.11. The van der Waals surface area contributed by atoms with E-state index < -0.39 is 0 Å². The van der Waals surface area contributed by atoms with Crippen LogP contribution in [0.3, 0.4) is 0 Å². The molecule has 1 aliphatic rings. The van der Waals surface area contributed by atoms with Crippen LogP contribution in [0.25, 0.3) is 0 Å². The van der Waals surface area contributed by atoms with Gasteiger partial charge in [0.25, 0.3) is 0 Å². The first kappa shape index (κ1) is 8.66. The molecule has 1 rings (SSSR count). The van der Waals surface area contributed by atoms with E-state index in [9.17, 15) is 0 Å². The minimum atomic E-state index is 0.0463. The molecule has 1 heterocycles. The molecule has 0 aromatic heterocycles. The second-order valence-corrected chi connectivity index (χ2v) is 1.72. The molecule has 1 fully saturated rings. The van der Waals surface area contributed by atoms with Crippen LogP contribution in [0.1, 0.15) is 13.8 Å². The number of hydrogen-bond donors (Lipinski definition) is 0. The molecule has 0 unspecified atom stereocenters. The Bertz CT molecular complexity index is 65.3. The lowest BCUT2D eigenvalue weighted by atomic mass is 10.8. The fourth-order valence-corrected chi connectivity index (χ4v) is 0.476. The van der Waals surface area contributed by atoms with Crippen molar-refractivity contribution in [2.45, 2.75) is 20.1 Å². The SMILES string of the molecule is C=CC.CC1OCCO1. The van der Waals surface area contributed by atoms with Gasteiger partial charge in [-0.2, -0.15) is 0 Å². The largest absolute Gasteiger partial charge is 0.351 e. The molecule has 0 N–H and O–H groups in total. The monoisotopic (exact) mass is 130 g/mol. The molecule has 0 bridgehead atoms. The van der Waals surface area contributed by atoms with Crippen LogP contribution >= 0.6 is 0 Å². The van der Waals surface area contributed by atoms with E-state index in [1.54, 1.807) is 6.08 Å². The molecule has 0 amide bonds. The summed E-state index contributed by atoms with van der Waals surface area (Å²) in [6.45, 7) is 8.68. The van der Waals surface area contributed by atoms with Gasteiger partial charge in [-0.05, 0) is 13.8 Å². The molecule has 0 spiro atoms. The molecular formula is C7H14O2. The number of hydrogen-bond acceptors (Lipinski definition) is 2. The van der Waals surface area contributed by atoms with Crippen LogP contribution in [0.2, 0.25) is 0 Å². The van der Waals surface area contributed by atoms with Gasteiger partial charge in [0.2, 0.25) is 0 Å². The summed E-state index contributed by atoms with van der Waals surface area (Å²) in [5.74, 6) is 0. The predicted octanol–water partition coefficient (Wildman–Crippen LogP) is 1.57. The third-order valence-corrected chi connectivity index (χ3v) is 0.788. The van der Waals surface area contributed by atoms with Crippen molar-refractivity contribution in [3.63, 3.8) is 0 Å². The van der Waals surface area contributed by atoms with Crippen LogP contribution < -0.4 is 0 Å². The normalized spacial score (nSPS) is 18.4.